The van der Waals surface area contributed by atoms with Crippen LogP contribution in [0.25, 0.3) is 0 Å². The summed E-state index contributed by atoms with van der Waals surface area (Å²) in [5.41, 5.74) is 8.25. The summed E-state index contributed by atoms with van der Waals surface area (Å²) >= 11 is 3.52. The second kappa shape index (κ2) is 5.40. The van der Waals surface area contributed by atoms with Gasteiger partial charge in [0.15, 0.2) is 0 Å². The van der Waals surface area contributed by atoms with Crippen LogP contribution in [0.4, 0.5) is 11.5 Å². The van der Waals surface area contributed by atoms with E-state index in [9.17, 15) is 0 Å². The second-order valence-electron chi connectivity index (χ2n) is 4.34. The molecule has 0 fully saturated rings. The summed E-state index contributed by atoms with van der Waals surface area (Å²) in [5, 5.41) is 7.38. The predicted molar refractivity (Wildman–Crippen MR) is 82.2 cm³/mol. The lowest BCUT2D eigenvalue weighted by Gasteiger charge is -2.20. The molecule has 0 amide bonds. The number of hydrogen-bond donors (Lipinski definition) is 2. The molecule has 0 aliphatic rings. The topological polar surface area (TPSA) is 66.0 Å². The number of nitrogen functional groups attached to an aromatic ring is 1. The molecule has 2 rings (SSSR count). The third kappa shape index (κ3) is 2.93. The first-order chi connectivity index (χ1) is 8.99. The van der Waals surface area contributed by atoms with E-state index in [-0.39, 0.29) is 5.84 Å². The lowest BCUT2D eigenvalue weighted by molar-refractivity contribution is 1.10. The molecule has 0 unspecified atom stereocenters. The van der Waals surface area contributed by atoms with E-state index in [4.69, 9.17) is 11.1 Å². The van der Waals surface area contributed by atoms with E-state index in [0.29, 0.717) is 5.56 Å². The number of nitrogens with one attached hydrogen (secondary N) is 1. The van der Waals surface area contributed by atoms with Crippen molar-refractivity contribution >= 4 is 33.3 Å². The average Bonchev–Trinajstić information content (AvgIpc) is 2.38. The van der Waals surface area contributed by atoms with E-state index >= 15 is 0 Å². The number of nitrogens with zero attached hydrogens (tertiary/aromatic N) is 2. The van der Waals surface area contributed by atoms with Crippen molar-refractivity contribution in [2.24, 2.45) is 5.73 Å². The Labute approximate surface area is 120 Å². The van der Waals surface area contributed by atoms with Crippen LogP contribution >= 0.6 is 15.9 Å². The molecule has 0 aliphatic heterocycles. The summed E-state index contributed by atoms with van der Waals surface area (Å²) in [5.74, 6) is 0.921. The fourth-order valence-corrected chi connectivity index (χ4v) is 2.49. The number of nitrogens with two attached hydrogens (primary N) is 1. The zero-order valence-corrected chi connectivity index (χ0v) is 12.4. The zero-order chi connectivity index (χ0) is 14.0. The molecule has 2 aromatic rings. The number of hydrogen-bond acceptors (Lipinski definition) is 3. The second-order valence-corrected chi connectivity index (χ2v) is 5.19. The van der Waals surface area contributed by atoms with Gasteiger partial charge < -0.3 is 10.6 Å². The van der Waals surface area contributed by atoms with Crippen molar-refractivity contribution in [1.29, 1.82) is 5.41 Å². The maximum atomic E-state index is 7.38. The Hall–Kier alpha value is -1.88. The van der Waals surface area contributed by atoms with Crippen molar-refractivity contribution < 1.29 is 0 Å². The Balaban J connectivity index is 2.33. The predicted octanol–water partition coefficient (Wildman–Crippen LogP) is 3.20. The van der Waals surface area contributed by atoms with Gasteiger partial charge in [-0.05, 0) is 58.7 Å². The van der Waals surface area contributed by atoms with Crippen LogP contribution in [0.5, 0.6) is 0 Å². The third-order valence-electron chi connectivity index (χ3n) is 2.84. The van der Waals surface area contributed by atoms with Crippen molar-refractivity contribution in [3.63, 3.8) is 0 Å². The molecule has 4 nitrogen and oxygen atoms in total. The van der Waals surface area contributed by atoms with Crippen molar-refractivity contribution in [2.45, 2.75) is 6.92 Å². The number of aryl methyl sites for hydroxylation is 1. The van der Waals surface area contributed by atoms with E-state index in [1.165, 1.54) is 0 Å². The molecule has 98 valence electrons. The minimum absolute atomic E-state index is 0.0730. The molecule has 19 heavy (non-hydrogen) atoms. The first kappa shape index (κ1) is 13.5. The van der Waals surface area contributed by atoms with Crippen LogP contribution in [0, 0.1) is 12.3 Å². The molecule has 1 aromatic heterocycles. The van der Waals surface area contributed by atoms with E-state index in [0.717, 1.165) is 21.5 Å². The smallest absolute Gasteiger partial charge is 0.147 e. The Bertz CT molecular complexity index is 607. The molecule has 1 aromatic carbocycles. The van der Waals surface area contributed by atoms with Crippen LogP contribution in [0.3, 0.4) is 0 Å². The molecular formula is C14H15BrN4. The molecule has 0 saturated heterocycles. The van der Waals surface area contributed by atoms with Gasteiger partial charge in [0.25, 0.3) is 0 Å². The first-order valence-corrected chi connectivity index (χ1v) is 6.58. The molecule has 0 aliphatic carbocycles. The normalized spacial score (nSPS) is 10.3. The van der Waals surface area contributed by atoms with Crippen LogP contribution in [0.2, 0.25) is 0 Å². The molecular weight excluding hydrogens is 304 g/mol. The monoisotopic (exact) mass is 318 g/mol. The number of aromatic nitrogens is 1. The largest absolute Gasteiger partial charge is 0.384 e. The van der Waals surface area contributed by atoms with Gasteiger partial charge >= 0.3 is 0 Å². The minimum atomic E-state index is 0.0730. The highest BCUT2D eigenvalue weighted by molar-refractivity contribution is 9.10. The lowest BCUT2D eigenvalue weighted by atomic mass is 10.2. The van der Waals surface area contributed by atoms with Crippen LogP contribution in [0.15, 0.2) is 41.0 Å². The van der Waals surface area contributed by atoms with Gasteiger partial charge in [0.1, 0.15) is 11.7 Å². The van der Waals surface area contributed by atoms with Crippen molar-refractivity contribution in [3.8, 4) is 0 Å². The molecule has 0 radical (unpaired) electrons. The summed E-state index contributed by atoms with van der Waals surface area (Å²) in [6.07, 6.45) is 1.83. The number of halogens is 1. The number of rotatable bonds is 3. The average molecular weight is 319 g/mol. The van der Waals surface area contributed by atoms with Gasteiger partial charge in [-0.2, -0.15) is 0 Å². The van der Waals surface area contributed by atoms with Gasteiger partial charge in [-0.25, -0.2) is 4.98 Å². The van der Waals surface area contributed by atoms with Crippen molar-refractivity contribution in [1.82, 2.24) is 4.98 Å². The van der Waals surface area contributed by atoms with Gasteiger partial charge in [0.2, 0.25) is 0 Å². The molecule has 0 atom stereocenters. The van der Waals surface area contributed by atoms with E-state index in [1.807, 2.05) is 55.4 Å². The lowest BCUT2D eigenvalue weighted by Crippen LogP contribution is -2.14. The summed E-state index contributed by atoms with van der Waals surface area (Å²) in [6.45, 7) is 2.00. The molecule has 5 heteroatoms. The number of anilines is 2. The molecule has 1 heterocycles. The highest BCUT2D eigenvalue weighted by Gasteiger charge is 2.09. The van der Waals surface area contributed by atoms with E-state index in [1.54, 1.807) is 0 Å². The van der Waals surface area contributed by atoms with E-state index in [2.05, 4.69) is 20.9 Å². The SMILES string of the molecule is Cc1cnc(N(C)c2ccc(C(=N)N)cc2)c(Br)c1. The maximum absolute atomic E-state index is 7.38. The van der Waals surface area contributed by atoms with Crippen molar-refractivity contribution in [3.05, 3.63) is 52.1 Å². The van der Waals surface area contributed by atoms with Crippen LogP contribution < -0.4 is 10.6 Å². The fourth-order valence-electron chi connectivity index (χ4n) is 1.76. The molecule has 3 N–H and O–H groups in total. The Morgan fingerprint density at radius 2 is 1.95 bits per heavy atom. The number of amidine groups is 1. The van der Waals surface area contributed by atoms with Gasteiger partial charge in [0.05, 0.1) is 4.47 Å². The molecule has 0 saturated carbocycles. The highest BCUT2D eigenvalue weighted by atomic mass is 79.9. The van der Waals surface area contributed by atoms with Gasteiger partial charge in [-0.1, -0.05) is 0 Å². The van der Waals surface area contributed by atoms with Crippen LogP contribution in [0.1, 0.15) is 11.1 Å². The summed E-state index contributed by atoms with van der Waals surface area (Å²) < 4.78 is 0.950. The Morgan fingerprint density at radius 3 is 2.47 bits per heavy atom. The van der Waals surface area contributed by atoms with E-state index < -0.39 is 0 Å². The summed E-state index contributed by atoms with van der Waals surface area (Å²) in [6, 6.07) is 9.53. The Morgan fingerprint density at radius 1 is 1.32 bits per heavy atom. The summed E-state index contributed by atoms with van der Waals surface area (Å²) in [4.78, 5) is 6.40. The Kier molecular flexibility index (Phi) is 3.85. The minimum Gasteiger partial charge on any atom is -0.384 e. The van der Waals surface area contributed by atoms with Crippen molar-refractivity contribution in [2.75, 3.05) is 11.9 Å². The van der Waals surface area contributed by atoms with Crippen LogP contribution in [-0.4, -0.2) is 17.9 Å². The van der Waals surface area contributed by atoms with Gasteiger partial charge in [0, 0.05) is 24.5 Å². The number of pyridine rings is 1. The molecule has 0 spiro atoms. The molecule has 0 bridgehead atoms. The number of benzene rings is 1. The first-order valence-electron chi connectivity index (χ1n) is 5.79. The highest BCUT2D eigenvalue weighted by Crippen LogP contribution is 2.29. The fraction of sp³-hybridized carbons (Fsp3) is 0.143. The summed E-state index contributed by atoms with van der Waals surface area (Å²) in [7, 11) is 1.95. The zero-order valence-electron chi connectivity index (χ0n) is 10.8. The van der Waals surface area contributed by atoms with Gasteiger partial charge in [-0.3, -0.25) is 5.41 Å². The third-order valence-corrected chi connectivity index (χ3v) is 3.43. The maximum Gasteiger partial charge on any atom is 0.147 e. The standard InChI is InChI=1S/C14H15BrN4/c1-9-7-12(15)14(18-8-9)19(2)11-5-3-10(4-6-11)13(16)17/h3-8H,1-2H3,(H3,16,17). The van der Waals surface area contributed by atoms with Crippen LogP contribution in [-0.2, 0) is 0 Å². The quantitative estimate of drug-likeness (QED) is 0.674. The van der Waals surface area contributed by atoms with Gasteiger partial charge in [-0.15, -0.1) is 0 Å².